The van der Waals surface area contributed by atoms with Crippen LogP contribution in [0.2, 0.25) is 0 Å². The van der Waals surface area contributed by atoms with Gasteiger partial charge >= 0.3 is 0 Å². The molecule has 0 aliphatic heterocycles. The van der Waals surface area contributed by atoms with Gasteiger partial charge in [-0.3, -0.25) is 9.69 Å². The quantitative estimate of drug-likeness (QED) is 0.603. The summed E-state index contributed by atoms with van der Waals surface area (Å²) < 4.78 is 0. The van der Waals surface area contributed by atoms with Crippen molar-refractivity contribution in [3.63, 3.8) is 0 Å². The number of amides is 1. The van der Waals surface area contributed by atoms with Crippen LogP contribution in [-0.4, -0.2) is 37.0 Å². The van der Waals surface area contributed by atoms with Crippen LogP contribution in [0, 0.1) is 5.92 Å². The van der Waals surface area contributed by atoms with Crippen molar-refractivity contribution in [3.8, 4) is 0 Å². The van der Waals surface area contributed by atoms with Gasteiger partial charge in [-0.2, -0.15) is 0 Å². The highest BCUT2D eigenvalue weighted by Gasteiger charge is 2.09. The van der Waals surface area contributed by atoms with E-state index >= 15 is 0 Å². The van der Waals surface area contributed by atoms with Gasteiger partial charge < -0.3 is 11.5 Å². The number of hydrogen-bond acceptors (Lipinski definition) is 3. The Kier molecular flexibility index (Phi) is 5.66. The highest BCUT2D eigenvalue weighted by atomic mass is 16.1. The maximum atomic E-state index is 10.5. The minimum absolute atomic E-state index is 0.204. The highest BCUT2D eigenvalue weighted by Crippen LogP contribution is 2.03. The molecule has 0 aromatic carbocycles. The van der Waals surface area contributed by atoms with Crippen LogP contribution in [0.5, 0.6) is 0 Å². The van der Waals surface area contributed by atoms with Gasteiger partial charge in [0.25, 0.3) is 0 Å². The summed E-state index contributed by atoms with van der Waals surface area (Å²) in [4.78, 5) is 12.4. The lowest BCUT2D eigenvalue weighted by Gasteiger charge is -2.19. The first-order chi connectivity index (χ1) is 5.93. The summed E-state index contributed by atoms with van der Waals surface area (Å²) in [6, 6.07) is 0.204. The zero-order valence-corrected chi connectivity index (χ0v) is 8.79. The van der Waals surface area contributed by atoms with Crippen LogP contribution in [0.25, 0.3) is 0 Å². The zero-order chi connectivity index (χ0) is 10.4. The van der Waals surface area contributed by atoms with E-state index in [4.69, 9.17) is 11.5 Å². The summed E-state index contributed by atoms with van der Waals surface area (Å²) in [5, 5.41) is 0. The summed E-state index contributed by atoms with van der Waals surface area (Å²) >= 11 is 0. The lowest BCUT2D eigenvalue weighted by Crippen LogP contribution is -2.35. The van der Waals surface area contributed by atoms with E-state index in [2.05, 4.69) is 13.8 Å². The Morgan fingerprint density at radius 2 is 2.00 bits per heavy atom. The van der Waals surface area contributed by atoms with Crippen molar-refractivity contribution in [2.24, 2.45) is 17.4 Å². The van der Waals surface area contributed by atoms with Crippen LogP contribution in [0.15, 0.2) is 0 Å². The smallest absolute Gasteiger partial charge is 0.231 e. The van der Waals surface area contributed by atoms with E-state index in [1.165, 1.54) is 0 Å². The van der Waals surface area contributed by atoms with E-state index in [0.29, 0.717) is 12.5 Å². The second-order valence-electron chi connectivity index (χ2n) is 3.90. The minimum atomic E-state index is -0.291. The summed E-state index contributed by atoms with van der Waals surface area (Å²) in [5.74, 6) is 0.197. The number of likely N-dealkylation sites (N-methyl/N-ethyl adjacent to an activating group) is 1. The first-order valence-electron chi connectivity index (χ1n) is 4.66. The number of carbonyl (C=O) groups excluding carboxylic acids is 1. The average Bonchev–Trinajstić information content (AvgIpc) is 1.98. The largest absolute Gasteiger partial charge is 0.369 e. The summed E-state index contributed by atoms with van der Waals surface area (Å²) in [6.45, 7) is 5.32. The summed E-state index contributed by atoms with van der Waals surface area (Å²) in [7, 11) is 1.87. The van der Waals surface area contributed by atoms with Crippen molar-refractivity contribution >= 4 is 5.91 Å². The number of nitrogens with zero attached hydrogens (tertiary/aromatic N) is 1. The van der Waals surface area contributed by atoms with E-state index in [-0.39, 0.29) is 11.9 Å². The molecule has 0 rings (SSSR count). The minimum Gasteiger partial charge on any atom is -0.369 e. The molecule has 0 spiro atoms. The second-order valence-corrected chi connectivity index (χ2v) is 3.90. The van der Waals surface area contributed by atoms with Gasteiger partial charge in [0.05, 0.1) is 6.54 Å². The number of nitrogens with two attached hydrogens (primary N) is 2. The van der Waals surface area contributed by atoms with Gasteiger partial charge in [0.1, 0.15) is 0 Å². The Hall–Kier alpha value is -0.610. The van der Waals surface area contributed by atoms with Crippen LogP contribution in [-0.2, 0) is 4.79 Å². The van der Waals surface area contributed by atoms with Gasteiger partial charge in [0.2, 0.25) is 5.91 Å². The molecule has 0 saturated heterocycles. The molecule has 0 bridgehead atoms. The molecule has 0 fully saturated rings. The van der Waals surface area contributed by atoms with Crippen molar-refractivity contribution in [1.82, 2.24) is 4.90 Å². The molecule has 1 amide bonds. The van der Waals surface area contributed by atoms with Crippen LogP contribution in [0.3, 0.4) is 0 Å². The lowest BCUT2D eigenvalue weighted by atomic mass is 10.0. The molecule has 1 unspecified atom stereocenters. The van der Waals surface area contributed by atoms with Crippen molar-refractivity contribution in [2.75, 3.05) is 20.1 Å². The Labute approximate surface area is 80.3 Å². The third kappa shape index (κ3) is 6.54. The van der Waals surface area contributed by atoms with E-state index in [1.54, 1.807) is 0 Å². The molecule has 78 valence electrons. The number of primary amides is 1. The fourth-order valence-electron chi connectivity index (χ4n) is 1.05. The first-order valence-corrected chi connectivity index (χ1v) is 4.66. The average molecular weight is 187 g/mol. The predicted octanol–water partition coefficient (Wildman–Crippen LogP) is -0.223. The molecule has 0 saturated carbocycles. The van der Waals surface area contributed by atoms with Gasteiger partial charge in [-0.05, 0) is 25.9 Å². The van der Waals surface area contributed by atoms with Crippen molar-refractivity contribution in [2.45, 2.75) is 26.3 Å². The van der Waals surface area contributed by atoms with E-state index in [1.807, 2.05) is 11.9 Å². The van der Waals surface area contributed by atoms with Gasteiger partial charge in [-0.15, -0.1) is 0 Å². The van der Waals surface area contributed by atoms with Crippen LogP contribution in [0.4, 0.5) is 0 Å². The first kappa shape index (κ1) is 12.4. The van der Waals surface area contributed by atoms with E-state index in [9.17, 15) is 4.79 Å². The molecule has 4 heteroatoms. The van der Waals surface area contributed by atoms with Crippen LogP contribution < -0.4 is 11.5 Å². The van der Waals surface area contributed by atoms with Crippen molar-refractivity contribution < 1.29 is 4.79 Å². The second kappa shape index (κ2) is 5.94. The maximum absolute atomic E-state index is 10.5. The Morgan fingerprint density at radius 1 is 1.46 bits per heavy atom. The molecular weight excluding hydrogens is 166 g/mol. The van der Waals surface area contributed by atoms with Crippen LogP contribution >= 0.6 is 0 Å². The lowest BCUT2D eigenvalue weighted by molar-refractivity contribution is -0.118. The number of hydrogen-bond donors (Lipinski definition) is 2. The fourth-order valence-corrected chi connectivity index (χ4v) is 1.05. The predicted molar refractivity (Wildman–Crippen MR) is 54.1 cm³/mol. The highest BCUT2D eigenvalue weighted by molar-refractivity contribution is 5.75. The molecular formula is C9H21N3O. The van der Waals surface area contributed by atoms with E-state index < -0.39 is 0 Å². The number of carbonyl (C=O) groups is 1. The summed E-state index contributed by atoms with van der Waals surface area (Å²) in [6.07, 6.45) is 0.904. The molecule has 4 N–H and O–H groups in total. The van der Waals surface area contributed by atoms with Gasteiger partial charge in [0, 0.05) is 6.04 Å². The maximum Gasteiger partial charge on any atom is 0.231 e. The van der Waals surface area contributed by atoms with Crippen LogP contribution in [0.1, 0.15) is 20.3 Å². The standard InChI is InChI=1S/C9H21N3O/c1-7(2)8(10)4-5-12(3)6-9(11)13/h7-8H,4-6,10H2,1-3H3,(H2,11,13). The van der Waals surface area contributed by atoms with Crippen molar-refractivity contribution in [1.29, 1.82) is 0 Å². The fraction of sp³-hybridized carbons (Fsp3) is 0.889. The Balaban J connectivity index is 3.57. The molecule has 0 heterocycles. The molecule has 0 aromatic heterocycles. The number of rotatable bonds is 6. The zero-order valence-electron chi connectivity index (χ0n) is 8.79. The van der Waals surface area contributed by atoms with Crippen molar-refractivity contribution in [3.05, 3.63) is 0 Å². The molecule has 1 atom stereocenters. The molecule has 0 radical (unpaired) electrons. The third-order valence-electron chi connectivity index (χ3n) is 2.13. The topological polar surface area (TPSA) is 72.3 Å². The SMILES string of the molecule is CC(C)C(N)CCN(C)CC(N)=O. The molecule has 4 nitrogen and oxygen atoms in total. The molecule has 13 heavy (non-hydrogen) atoms. The van der Waals surface area contributed by atoms with Gasteiger partial charge in [-0.1, -0.05) is 13.8 Å². The Morgan fingerprint density at radius 3 is 2.38 bits per heavy atom. The Bertz CT molecular complexity index is 159. The van der Waals surface area contributed by atoms with Gasteiger partial charge in [-0.25, -0.2) is 0 Å². The molecule has 0 aliphatic rings. The van der Waals surface area contributed by atoms with Gasteiger partial charge in [0.15, 0.2) is 0 Å². The third-order valence-corrected chi connectivity index (χ3v) is 2.13. The normalized spacial score (nSPS) is 13.7. The molecule has 0 aliphatic carbocycles. The monoisotopic (exact) mass is 187 g/mol. The summed E-state index contributed by atoms with van der Waals surface area (Å²) in [5.41, 5.74) is 10.9. The van der Waals surface area contributed by atoms with E-state index in [0.717, 1.165) is 13.0 Å². The molecule has 0 aromatic rings.